The number of carboxylic acid groups (broad SMARTS) is 1. The van der Waals surface area contributed by atoms with Gasteiger partial charge in [-0.2, -0.15) is 0 Å². The Morgan fingerprint density at radius 3 is 2.39 bits per heavy atom. The highest BCUT2D eigenvalue weighted by Gasteiger charge is 2.54. The topological polar surface area (TPSA) is 113 Å². The number of hydrogen-bond acceptors (Lipinski definition) is 6. The number of nitrogens with zero attached hydrogens (tertiary/aromatic N) is 1. The van der Waals surface area contributed by atoms with E-state index in [1.54, 1.807) is 0 Å². The van der Waals surface area contributed by atoms with E-state index in [4.69, 9.17) is 4.74 Å². The van der Waals surface area contributed by atoms with Crippen LogP contribution in [0.25, 0.3) is 11.1 Å². The number of fused-ring (bicyclic) bond motifs is 1. The highest BCUT2D eigenvalue weighted by atomic mass is 32.2. The number of carboxylic acids is 1. The van der Waals surface area contributed by atoms with E-state index in [2.05, 4.69) is 5.32 Å². The lowest BCUT2D eigenvalue weighted by Crippen LogP contribution is -2.70. The molecule has 0 bridgehead atoms. The molecule has 2 heterocycles. The Morgan fingerprint density at radius 1 is 1.09 bits per heavy atom. The molecule has 170 valence electrons. The lowest BCUT2D eigenvalue weighted by molar-refractivity contribution is -0.151. The zero-order chi connectivity index (χ0) is 23.5. The molecule has 2 aromatic carbocycles. The van der Waals surface area contributed by atoms with Crippen molar-refractivity contribution in [3.8, 4) is 11.1 Å². The van der Waals surface area contributed by atoms with Gasteiger partial charge in [-0.25, -0.2) is 4.79 Å². The molecule has 0 radical (unpaired) electrons. The first-order chi connectivity index (χ1) is 15.8. The predicted octanol–water partition coefficient (Wildman–Crippen LogP) is 2.20. The Labute approximate surface area is 194 Å². The number of β-lactam (4-membered cyclic amide) rings is 1. The summed E-state index contributed by atoms with van der Waals surface area (Å²) in [6, 6.07) is 16.7. The number of hydrogen-bond donors (Lipinski definition) is 2. The summed E-state index contributed by atoms with van der Waals surface area (Å²) in [5, 5.41) is 11.8. The third-order valence-corrected chi connectivity index (χ3v) is 6.78. The Balaban J connectivity index is 1.39. The zero-order valence-corrected chi connectivity index (χ0v) is 18.6. The summed E-state index contributed by atoms with van der Waals surface area (Å²) in [5.74, 6) is -2.31. The largest absolute Gasteiger partial charge is 0.477 e. The van der Waals surface area contributed by atoms with Crippen molar-refractivity contribution in [2.24, 2.45) is 0 Å². The fourth-order valence-corrected chi connectivity index (χ4v) is 5.17. The van der Waals surface area contributed by atoms with E-state index >= 15 is 0 Å². The lowest BCUT2D eigenvalue weighted by Gasteiger charge is -2.49. The maximum atomic E-state index is 12.7. The van der Waals surface area contributed by atoms with Gasteiger partial charge in [0, 0.05) is 18.2 Å². The maximum absolute atomic E-state index is 12.7. The van der Waals surface area contributed by atoms with Crippen LogP contribution in [-0.4, -0.2) is 57.5 Å². The average molecular weight is 467 g/mol. The molecule has 2 amide bonds. The van der Waals surface area contributed by atoms with Crippen LogP contribution in [0.3, 0.4) is 0 Å². The zero-order valence-electron chi connectivity index (χ0n) is 17.8. The molecule has 0 aromatic heterocycles. The first-order valence-electron chi connectivity index (χ1n) is 10.3. The van der Waals surface area contributed by atoms with Gasteiger partial charge in [0.2, 0.25) is 5.91 Å². The van der Waals surface area contributed by atoms with E-state index in [9.17, 15) is 24.3 Å². The molecular formula is C24H22N2O6S. The molecule has 0 unspecified atom stereocenters. The molecule has 4 rings (SSSR count). The lowest BCUT2D eigenvalue weighted by atomic mass is 10.0. The van der Waals surface area contributed by atoms with Gasteiger partial charge in [0.05, 0.1) is 6.42 Å². The van der Waals surface area contributed by atoms with Gasteiger partial charge in [-0.15, -0.1) is 11.8 Å². The van der Waals surface area contributed by atoms with Gasteiger partial charge >= 0.3 is 11.9 Å². The van der Waals surface area contributed by atoms with Gasteiger partial charge in [-0.1, -0.05) is 54.6 Å². The van der Waals surface area contributed by atoms with Crippen LogP contribution >= 0.6 is 11.8 Å². The van der Waals surface area contributed by atoms with Crippen molar-refractivity contribution in [3.63, 3.8) is 0 Å². The van der Waals surface area contributed by atoms with Crippen LogP contribution in [0.5, 0.6) is 0 Å². The van der Waals surface area contributed by atoms with Crippen molar-refractivity contribution in [1.82, 2.24) is 10.2 Å². The molecule has 1 fully saturated rings. The highest BCUT2D eigenvalue weighted by Crippen LogP contribution is 2.40. The molecule has 33 heavy (non-hydrogen) atoms. The second-order valence-electron chi connectivity index (χ2n) is 7.73. The van der Waals surface area contributed by atoms with Crippen LogP contribution in [0.4, 0.5) is 0 Å². The number of benzene rings is 2. The first kappa shape index (κ1) is 22.6. The van der Waals surface area contributed by atoms with Gasteiger partial charge in [0.1, 0.15) is 23.7 Å². The highest BCUT2D eigenvalue weighted by molar-refractivity contribution is 8.00. The minimum Gasteiger partial charge on any atom is -0.477 e. The number of amides is 2. The monoisotopic (exact) mass is 466 g/mol. The van der Waals surface area contributed by atoms with E-state index in [0.29, 0.717) is 5.57 Å². The van der Waals surface area contributed by atoms with Gasteiger partial charge in [0.15, 0.2) is 0 Å². The number of esters is 1. The minimum absolute atomic E-state index is 0.107. The van der Waals surface area contributed by atoms with E-state index in [1.165, 1.54) is 18.7 Å². The van der Waals surface area contributed by atoms with Crippen molar-refractivity contribution in [1.29, 1.82) is 0 Å². The maximum Gasteiger partial charge on any atom is 0.352 e. The van der Waals surface area contributed by atoms with Gasteiger partial charge in [-0.05, 0) is 16.7 Å². The number of nitrogens with one attached hydrogen (secondary N) is 1. The molecule has 0 aliphatic carbocycles. The Hall–Kier alpha value is -3.59. The molecule has 2 atom stereocenters. The number of ether oxygens (including phenoxy) is 1. The summed E-state index contributed by atoms with van der Waals surface area (Å²) >= 11 is 1.33. The summed E-state index contributed by atoms with van der Waals surface area (Å²) in [6.07, 6.45) is 0.107. The van der Waals surface area contributed by atoms with E-state index in [-0.39, 0.29) is 30.4 Å². The summed E-state index contributed by atoms with van der Waals surface area (Å²) in [6.45, 7) is 1.05. The van der Waals surface area contributed by atoms with Gasteiger partial charge < -0.3 is 15.2 Å². The van der Waals surface area contributed by atoms with Crippen molar-refractivity contribution < 1.29 is 29.0 Å². The molecule has 0 spiro atoms. The van der Waals surface area contributed by atoms with Crippen LogP contribution in [0.15, 0.2) is 65.9 Å². The van der Waals surface area contributed by atoms with Crippen LogP contribution in [-0.2, 0) is 30.3 Å². The van der Waals surface area contributed by atoms with Crippen molar-refractivity contribution >= 4 is 35.5 Å². The molecule has 9 heteroatoms. The van der Waals surface area contributed by atoms with Crippen molar-refractivity contribution in [3.05, 3.63) is 71.4 Å². The Bertz CT molecular complexity index is 1130. The minimum atomic E-state index is -1.26. The smallest absolute Gasteiger partial charge is 0.352 e. The number of carbonyl (C=O) groups is 4. The fourth-order valence-electron chi connectivity index (χ4n) is 3.84. The van der Waals surface area contributed by atoms with Crippen LogP contribution in [0.1, 0.15) is 12.5 Å². The molecule has 2 aliphatic rings. The van der Waals surface area contributed by atoms with Crippen molar-refractivity contribution in [2.45, 2.75) is 24.8 Å². The summed E-state index contributed by atoms with van der Waals surface area (Å²) in [5.41, 5.74) is 3.11. The summed E-state index contributed by atoms with van der Waals surface area (Å²) in [4.78, 5) is 49.2. The molecule has 0 saturated carbocycles. The number of carbonyl (C=O) groups excluding carboxylic acids is 3. The molecule has 2 aliphatic heterocycles. The molecule has 1 saturated heterocycles. The Kier molecular flexibility index (Phi) is 6.50. The van der Waals surface area contributed by atoms with E-state index in [0.717, 1.165) is 21.6 Å². The first-order valence-corrected chi connectivity index (χ1v) is 11.4. The normalized spacial score (nSPS) is 19.4. The van der Waals surface area contributed by atoms with Crippen LogP contribution in [0.2, 0.25) is 0 Å². The quantitative estimate of drug-likeness (QED) is 0.475. The summed E-state index contributed by atoms with van der Waals surface area (Å²) < 4.78 is 4.92. The average Bonchev–Trinajstić information content (AvgIpc) is 2.81. The van der Waals surface area contributed by atoms with Crippen molar-refractivity contribution in [2.75, 3.05) is 12.4 Å². The standard InChI is InChI=1S/C24H22N2O6S/c1-14(27)32-12-18-13-33-23-20(22(29)26(23)21(18)24(30)31)25-19(28)11-15-7-9-17(10-8-15)16-5-3-2-4-6-16/h2-10,20,23H,11-13H2,1H3,(H,25,28)(H,30,31)/t20-,23-/m1/s1. The third-order valence-electron chi connectivity index (χ3n) is 5.44. The Morgan fingerprint density at radius 2 is 1.76 bits per heavy atom. The molecule has 2 aromatic rings. The van der Waals surface area contributed by atoms with Gasteiger partial charge in [-0.3, -0.25) is 19.3 Å². The molecule has 8 nitrogen and oxygen atoms in total. The van der Waals surface area contributed by atoms with E-state index in [1.807, 2.05) is 54.6 Å². The van der Waals surface area contributed by atoms with Crippen LogP contribution < -0.4 is 5.32 Å². The summed E-state index contributed by atoms with van der Waals surface area (Å²) in [7, 11) is 0. The van der Waals surface area contributed by atoms with Crippen LogP contribution in [0, 0.1) is 0 Å². The predicted molar refractivity (Wildman–Crippen MR) is 122 cm³/mol. The number of thioether (sulfide) groups is 1. The van der Waals surface area contributed by atoms with Gasteiger partial charge in [0.25, 0.3) is 5.91 Å². The second-order valence-corrected chi connectivity index (χ2v) is 8.84. The molecular weight excluding hydrogens is 444 g/mol. The molecule has 2 N–H and O–H groups in total. The fraction of sp³-hybridized carbons (Fsp3) is 0.250. The third kappa shape index (κ3) is 4.78. The number of aliphatic carboxylic acids is 1. The second kappa shape index (κ2) is 9.50. The SMILES string of the molecule is CC(=O)OCC1=C(C(=O)O)N2C(=O)[C@@H](NC(=O)Cc3ccc(-c4ccccc4)cc3)[C@H]2SC1. The number of rotatable bonds is 7. The van der Waals surface area contributed by atoms with E-state index < -0.39 is 29.3 Å².